The summed E-state index contributed by atoms with van der Waals surface area (Å²) in [5, 5.41) is 17.3. The highest BCUT2D eigenvalue weighted by molar-refractivity contribution is 7.13. The molecule has 2 rings (SSSR count). The minimum Gasteiger partial charge on any atom is -0.396 e. The Morgan fingerprint density at radius 3 is 3.16 bits per heavy atom. The predicted molar refractivity (Wildman–Crippen MR) is 73.1 cm³/mol. The van der Waals surface area contributed by atoms with Gasteiger partial charge in [0.15, 0.2) is 11.5 Å². The zero-order valence-corrected chi connectivity index (χ0v) is 11.4. The van der Waals surface area contributed by atoms with E-state index in [2.05, 4.69) is 10.5 Å². The van der Waals surface area contributed by atoms with Gasteiger partial charge in [0.25, 0.3) is 5.91 Å². The molecule has 19 heavy (non-hydrogen) atoms. The molecule has 6 heteroatoms. The number of nitrogens with one attached hydrogen (secondary N) is 1. The Morgan fingerprint density at radius 2 is 2.47 bits per heavy atom. The average Bonchev–Trinajstić information content (AvgIpc) is 3.05. The lowest BCUT2D eigenvalue weighted by Crippen LogP contribution is -2.32. The van der Waals surface area contributed by atoms with Gasteiger partial charge in [-0.25, -0.2) is 0 Å². The van der Waals surface area contributed by atoms with Gasteiger partial charge in [0.2, 0.25) is 0 Å². The molecule has 5 nitrogen and oxygen atoms in total. The fourth-order valence-corrected chi connectivity index (χ4v) is 2.36. The lowest BCUT2D eigenvalue weighted by Gasteiger charge is -2.11. The van der Waals surface area contributed by atoms with Crippen molar-refractivity contribution in [3.05, 3.63) is 29.3 Å². The van der Waals surface area contributed by atoms with E-state index in [-0.39, 0.29) is 24.2 Å². The molecule has 2 N–H and O–H groups in total. The van der Waals surface area contributed by atoms with E-state index in [1.807, 2.05) is 24.4 Å². The number of aliphatic hydroxyl groups is 1. The Bertz CT molecular complexity index is 522. The Balaban J connectivity index is 1.96. The first-order valence-electron chi connectivity index (χ1n) is 6.13. The summed E-state index contributed by atoms with van der Waals surface area (Å²) in [6, 6.07) is 5.47. The number of hydrogen-bond acceptors (Lipinski definition) is 5. The van der Waals surface area contributed by atoms with Crippen molar-refractivity contribution in [2.75, 3.05) is 6.61 Å². The van der Waals surface area contributed by atoms with E-state index in [1.165, 1.54) is 11.3 Å². The number of aromatic nitrogens is 1. The molecule has 1 atom stereocenters. The first-order chi connectivity index (χ1) is 9.20. The lowest BCUT2D eigenvalue weighted by atomic mass is 10.2. The van der Waals surface area contributed by atoms with Crippen molar-refractivity contribution < 1.29 is 14.4 Å². The molecular formula is C13H16N2O3S. The van der Waals surface area contributed by atoms with Crippen molar-refractivity contribution in [3.63, 3.8) is 0 Å². The Morgan fingerprint density at radius 1 is 1.63 bits per heavy atom. The molecule has 1 unspecified atom stereocenters. The molecule has 2 heterocycles. The highest BCUT2D eigenvalue weighted by Crippen LogP contribution is 2.25. The maximum absolute atomic E-state index is 11.9. The van der Waals surface area contributed by atoms with E-state index in [9.17, 15) is 4.79 Å². The van der Waals surface area contributed by atoms with E-state index in [0.29, 0.717) is 12.2 Å². The molecule has 0 aliphatic heterocycles. The van der Waals surface area contributed by atoms with Crippen LogP contribution in [0.15, 0.2) is 28.1 Å². The largest absolute Gasteiger partial charge is 0.396 e. The van der Waals surface area contributed by atoms with Gasteiger partial charge in [0, 0.05) is 18.7 Å². The second-order valence-corrected chi connectivity index (χ2v) is 5.24. The van der Waals surface area contributed by atoms with Crippen LogP contribution in [-0.4, -0.2) is 28.8 Å². The van der Waals surface area contributed by atoms with Gasteiger partial charge >= 0.3 is 0 Å². The quantitative estimate of drug-likeness (QED) is 0.851. The molecular weight excluding hydrogens is 264 g/mol. The monoisotopic (exact) mass is 280 g/mol. The molecule has 0 aliphatic rings. The molecule has 0 bridgehead atoms. The Labute approximate surface area is 115 Å². The van der Waals surface area contributed by atoms with Gasteiger partial charge in [-0.3, -0.25) is 4.79 Å². The second-order valence-electron chi connectivity index (χ2n) is 4.29. The minimum absolute atomic E-state index is 0.00142. The third-order valence-electron chi connectivity index (χ3n) is 2.68. The molecule has 0 saturated heterocycles. The molecule has 102 valence electrons. The molecule has 0 aromatic carbocycles. The minimum atomic E-state index is -0.253. The smallest absolute Gasteiger partial charge is 0.273 e. The van der Waals surface area contributed by atoms with Crippen LogP contribution < -0.4 is 5.32 Å². The van der Waals surface area contributed by atoms with Crippen molar-refractivity contribution in [2.45, 2.75) is 25.8 Å². The summed E-state index contributed by atoms with van der Waals surface area (Å²) >= 11 is 1.53. The summed E-state index contributed by atoms with van der Waals surface area (Å²) in [4.78, 5) is 12.9. The molecule has 0 radical (unpaired) electrons. The number of rotatable bonds is 6. The van der Waals surface area contributed by atoms with Crippen molar-refractivity contribution in [1.82, 2.24) is 10.5 Å². The number of hydrogen-bond donors (Lipinski definition) is 2. The standard InChI is InChI=1S/C13H16N2O3S/c1-9(4-2-6-16)14-13(17)10-8-11(18-15-10)12-5-3-7-19-12/h3,5,7-9,16H,2,4,6H2,1H3,(H,14,17). The highest BCUT2D eigenvalue weighted by Gasteiger charge is 2.15. The van der Waals surface area contributed by atoms with Crippen LogP contribution >= 0.6 is 11.3 Å². The zero-order valence-electron chi connectivity index (χ0n) is 10.6. The third-order valence-corrected chi connectivity index (χ3v) is 3.56. The van der Waals surface area contributed by atoms with Crippen LogP contribution in [0.3, 0.4) is 0 Å². The molecule has 0 saturated carbocycles. The van der Waals surface area contributed by atoms with Gasteiger partial charge in [-0.05, 0) is 31.2 Å². The first kappa shape index (κ1) is 13.8. The van der Waals surface area contributed by atoms with E-state index in [0.717, 1.165) is 11.3 Å². The number of nitrogens with zero attached hydrogens (tertiary/aromatic N) is 1. The average molecular weight is 280 g/mol. The summed E-state index contributed by atoms with van der Waals surface area (Å²) in [5.41, 5.74) is 0.277. The van der Waals surface area contributed by atoms with Gasteiger partial charge in [-0.2, -0.15) is 0 Å². The summed E-state index contributed by atoms with van der Waals surface area (Å²) in [6.45, 7) is 2.03. The first-order valence-corrected chi connectivity index (χ1v) is 7.01. The van der Waals surface area contributed by atoms with Crippen LogP contribution in [0.1, 0.15) is 30.3 Å². The molecule has 1 amide bonds. The molecule has 2 aromatic rings. The number of carbonyl (C=O) groups is 1. The fraction of sp³-hybridized carbons (Fsp3) is 0.385. The van der Waals surface area contributed by atoms with Crippen LogP contribution in [0.2, 0.25) is 0 Å². The number of amides is 1. The second kappa shape index (κ2) is 6.49. The van der Waals surface area contributed by atoms with E-state index >= 15 is 0 Å². The van der Waals surface area contributed by atoms with Crippen LogP contribution in [0, 0.1) is 0 Å². The predicted octanol–water partition coefficient (Wildman–Crippen LogP) is 2.29. The molecule has 0 fully saturated rings. The van der Waals surface area contributed by atoms with Crippen LogP contribution in [0.4, 0.5) is 0 Å². The van der Waals surface area contributed by atoms with E-state index < -0.39 is 0 Å². The van der Waals surface area contributed by atoms with Crippen LogP contribution in [-0.2, 0) is 0 Å². The number of thiophene rings is 1. The Hall–Kier alpha value is -1.66. The van der Waals surface area contributed by atoms with Crippen molar-refractivity contribution in [1.29, 1.82) is 0 Å². The van der Waals surface area contributed by atoms with Crippen LogP contribution in [0.5, 0.6) is 0 Å². The van der Waals surface area contributed by atoms with Crippen LogP contribution in [0.25, 0.3) is 10.6 Å². The van der Waals surface area contributed by atoms with Gasteiger partial charge < -0.3 is 14.9 Å². The van der Waals surface area contributed by atoms with Crippen molar-refractivity contribution >= 4 is 17.2 Å². The maximum atomic E-state index is 11.9. The Kier molecular flexibility index (Phi) is 4.70. The lowest BCUT2D eigenvalue weighted by molar-refractivity contribution is 0.0927. The fourth-order valence-electron chi connectivity index (χ4n) is 1.68. The van der Waals surface area contributed by atoms with Crippen molar-refractivity contribution in [3.8, 4) is 10.6 Å². The zero-order chi connectivity index (χ0) is 13.7. The highest BCUT2D eigenvalue weighted by atomic mass is 32.1. The maximum Gasteiger partial charge on any atom is 0.273 e. The van der Waals surface area contributed by atoms with Gasteiger partial charge in [0.1, 0.15) is 0 Å². The third kappa shape index (κ3) is 3.65. The van der Waals surface area contributed by atoms with Gasteiger partial charge in [-0.15, -0.1) is 11.3 Å². The number of aliphatic hydroxyl groups excluding tert-OH is 1. The molecule has 0 spiro atoms. The summed E-state index contributed by atoms with van der Waals surface area (Å²) in [6.07, 6.45) is 1.40. The summed E-state index contributed by atoms with van der Waals surface area (Å²) < 4.78 is 5.15. The van der Waals surface area contributed by atoms with Gasteiger partial charge in [0.05, 0.1) is 4.88 Å². The summed E-state index contributed by atoms with van der Waals surface area (Å²) in [7, 11) is 0. The topological polar surface area (TPSA) is 75.4 Å². The van der Waals surface area contributed by atoms with E-state index in [1.54, 1.807) is 6.07 Å². The molecule has 0 aliphatic carbocycles. The number of carbonyl (C=O) groups excluding carboxylic acids is 1. The summed E-state index contributed by atoms with van der Waals surface area (Å²) in [5.74, 6) is 0.347. The normalized spacial score (nSPS) is 12.3. The molecule has 2 aromatic heterocycles. The SMILES string of the molecule is CC(CCCO)NC(=O)c1cc(-c2cccs2)on1. The van der Waals surface area contributed by atoms with E-state index in [4.69, 9.17) is 9.63 Å². The van der Waals surface area contributed by atoms with Gasteiger partial charge in [-0.1, -0.05) is 11.2 Å². The van der Waals surface area contributed by atoms with Crippen molar-refractivity contribution in [2.24, 2.45) is 0 Å².